The third-order valence-corrected chi connectivity index (χ3v) is 4.73. The van der Waals surface area contributed by atoms with Crippen LogP contribution in [0.4, 0.5) is 4.39 Å². The van der Waals surface area contributed by atoms with Crippen molar-refractivity contribution in [1.29, 1.82) is 0 Å². The average molecular weight is 328 g/mol. The third kappa shape index (κ3) is 4.57. The van der Waals surface area contributed by atoms with Gasteiger partial charge in [-0.05, 0) is 78.5 Å². The summed E-state index contributed by atoms with van der Waals surface area (Å²) in [5, 5.41) is 3.66. The number of hydrogen-bond acceptors (Lipinski definition) is 1. The van der Waals surface area contributed by atoms with Crippen molar-refractivity contribution in [1.82, 2.24) is 5.32 Å². The summed E-state index contributed by atoms with van der Waals surface area (Å²) in [5.74, 6) is 0.739. The molecular weight excluding hydrogens is 305 g/mol. The Balaban J connectivity index is 1.79. The molecule has 1 aliphatic carbocycles. The highest BCUT2D eigenvalue weighted by Crippen LogP contribution is 2.35. The molecule has 0 aliphatic heterocycles. The van der Waals surface area contributed by atoms with E-state index in [0.717, 1.165) is 30.9 Å². The molecule has 0 heterocycles. The second-order valence-electron chi connectivity index (χ2n) is 5.50. The topological polar surface area (TPSA) is 12.0 Å². The quantitative estimate of drug-likeness (QED) is 0.730. The molecule has 1 nitrogen and oxygen atoms in total. The van der Waals surface area contributed by atoms with Gasteiger partial charge in [0.15, 0.2) is 0 Å². The highest BCUT2D eigenvalue weighted by Gasteiger charge is 2.30. The Morgan fingerprint density at radius 3 is 2.89 bits per heavy atom. The van der Waals surface area contributed by atoms with Gasteiger partial charge in [-0.1, -0.05) is 19.1 Å². The van der Waals surface area contributed by atoms with Gasteiger partial charge in [-0.2, -0.15) is 0 Å². The van der Waals surface area contributed by atoms with Crippen LogP contribution >= 0.6 is 15.9 Å². The zero-order chi connectivity index (χ0) is 13.7. The summed E-state index contributed by atoms with van der Waals surface area (Å²) < 4.78 is 14.0. The lowest BCUT2D eigenvalue weighted by atomic mass is 10.0. The predicted molar refractivity (Wildman–Crippen MR) is 81.8 cm³/mol. The maximum atomic E-state index is 13.4. The summed E-state index contributed by atoms with van der Waals surface area (Å²) >= 11 is 3.34. The largest absolute Gasteiger partial charge is 0.314 e. The number of nitrogens with one attached hydrogen (secondary N) is 1. The van der Waals surface area contributed by atoms with Gasteiger partial charge in [0.1, 0.15) is 5.82 Å². The number of benzene rings is 1. The Hall–Kier alpha value is -0.410. The maximum Gasteiger partial charge on any atom is 0.137 e. The SMILES string of the molecule is CCCNC(CCCc1cccc(F)c1Br)C1CC1. The van der Waals surface area contributed by atoms with Crippen molar-refractivity contribution in [3.8, 4) is 0 Å². The van der Waals surface area contributed by atoms with Crippen LogP contribution in [0.1, 0.15) is 44.6 Å². The molecule has 1 fully saturated rings. The van der Waals surface area contributed by atoms with E-state index in [0.29, 0.717) is 10.5 Å². The normalized spacial score (nSPS) is 16.6. The van der Waals surface area contributed by atoms with Crippen molar-refractivity contribution in [3.05, 3.63) is 34.1 Å². The Morgan fingerprint density at radius 1 is 1.42 bits per heavy atom. The molecule has 1 atom stereocenters. The predicted octanol–water partition coefficient (Wildman–Crippen LogP) is 4.69. The maximum absolute atomic E-state index is 13.4. The molecule has 0 spiro atoms. The van der Waals surface area contributed by atoms with Crippen LogP contribution in [0.2, 0.25) is 0 Å². The summed E-state index contributed by atoms with van der Waals surface area (Å²) in [4.78, 5) is 0. The third-order valence-electron chi connectivity index (χ3n) is 3.84. The Bertz CT molecular complexity index is 404. The van der Waals surface area contributed by atoms with Gasteiger partial charge in [-0.15, -0.1) is 0 Å². The fraction of sp³-hybridized carbons (Fsp3) is 0.625. The van der Waals surface area contributed by atoms with E-state index >= 15 is 0 Å². The van der Waals surface area contributed by atoms with E-state index in [9.17, 15) is 4.39 Å². The standard InChI is InChI=1S/C16H23BrFN/c1-2-11-19-15(12-9-10-12)8-4-6-13-5-3-7-14(18)16(13)17/h3,5,7,12,15,19H,2,4,6,8-11H2,1H3. The highest BCUT2D eigenvalue weighted by molar-refractivity contribution is 9.10. The summed E-state index contributed by atoms with van der Waals surface area (Å²) in [6, 6.07) is 5.98. The van der Waals surface area contributed by atoms with Crippen molar-refractivity contribution < 1.29 is 4.39 Å². The summed E-state index contributed by atoms with van der Waals surface area (Å²) in [7, 11) is 0. The molecule has 106 valence electrons. The minimum Gasteiger partial charge on any atom is -0.314 e. The molecule has 0 radical (unpaired) electrons. The minimum atomic E-state index is -0.152. The Kier molecular flexibility index (Phi) is 5.83. The van der Waals surface area contributed by atoms with E-state index in [2.05, 4.69) is 28.2 Å². The number of halogens is 2. The molecule has 1 aromatic rings. The van der Waals surface area contributed by atoms with Gasteiger partial charge in [0.2, 0.25) is 0 Å². The molecule has 0 bridgehead atoms. The van der Waals surface area contributed by atoms with E-state index in [1.165, 1.54) is 31.7 Å². The summed E-state index contributed by atoms with van der Waals surface area (Å²) in [6.07, 6.45) is 7.23. The molecule has 1 aliphatic rings. The van der Waals surface area contributed by atoms with Crippen molar-refractivity contribution in [2.75, 3.05) is 6.54 Å². The van der Waals surface area contributed by atoms with E-state index in [-0.39, 0.29) is 5.82 Å². The van der Waals surface area contributed by atoms with Crippen molar-refractivity contribution in [2.45, 2.75) is 51.5 Å². The molecule has 1 saturated carbocycles. The number of hydrogen-bond donors (Lipinski definition) is 1. The van der Waals surface area contributed by atoms with Crippen molar-refractivity contribution in [3.63, 3.8) is 0 Å². The van der Waals surface area contributed by atoms with Crippen LogP contribution in [0.15, 0.2) is 22.7 Å². The lowest BCUT2D eigenvalue weighted by molar-refractivity contribution is 0.424. The minimum absolute atomic E-state index is 0.152. The Morgan fingerprint density at radius 2 is 2.21 bits per heavy atom. The van der Waals surface area contributed by atoms with E-state index in [1.807, 2.05) is 6.07 Å². The second kappa shape index (κ2) is 7.39. The zero-order valence-corrected chi connectivity index (χ0v) is 13.2. The smallest absolute Gasteiger partial charge is 0.137 e. The van der Waals surface area contributed by atoms with Crippen LogP contribution in [0, 0.1) is 11.7 Å². The first kappa shape index (κ1) is 15.0. The van der Waals surface area contributed by atoms with Gasteiger partial charge in [0.05, 0.1) is 4.47 Å². The zero-order valence-electron chi connectivity index (χ0n) is 11.6. The molecule has 3 heteroatoms. The van der Waals surface area contributed by atoms with E-state index in [1.54, 1.807) is 6.07 Å². The molecular formula is C16H23BrFN. The van der Waals surface area contributed by atoms with Gasteiger partial charge in [0.25, 0.3) is 0 Å². The van der Waals surface area contributed by atoms with E-state index in [4.69, 9.17) is 0 Å². The van der Waals surface area contributed by atoms with Gasteiger partial charge in [-0.3, -0.25) is 0 Å². The van der Waals surface area contributed by atoms with Crippen LogP contribution in [-0.4, -0.2) is 12.6 Å². The van der Waals surface area contributed by atoms with Gasteiger partial charge >= 0.3 is 0 Å². The highest BCUT2D eigenvalue weighted by atomic mass is 79.9. The van der Waals surface area contributed by atoms with Crippen LogP contribution in [0.3, 0.4) is 0 Å². The molecule has 0 amide bonds. The summed E-state index contributed by atoms with van der Waals surface area (Å²) in [6.45, 7) is 3.33. The fourth-order valence-corrected chi connectivity index (χ4v) is 3.05. The van der Waals surface area contributed by atoms with Crippen molar-refractivity contribution in [2.24, 2.45) is 5.92 Å². The molecule has 1 unspecified atom stereocenters. The van der Waals surface area contributed by atoms with Crippen LogP contribution < -0.4 is 5.32 Å². The van der Waals surface area contributed by atoms with Gasteiger partial charge in [0, 0.05) is 6.04 Å². The Labute approximate surface area is 124 Å². The number of aryl methyl sites for hydroxylation is 1. The molecule has 2 rings (SSSR count). The molecule has 1 aromatic carbocycles. The second-order valence-corrected chi connectivity index (χ2v) is 6.30. The van der Waals surface area contributed by atoms with Crippen LogP contribution in [0.25, 0.3) is 0 Å². The first-order valence-electron chi connectivity index (χ1n) is 7.38. The lowest BCUT2D eigenvalue weighted by Gasteiger charge is -2.18. The molecule has 19 heavy (non-hydrogen) atoms. The van der Waals surface area contributed by atoms with Crippen LogP contribution in [0.5, 0.6) is 0 Å². The average Bonchev–Trinajstić information content (AvgIpc) is 3.23. The molecule has 0 saturated heterocycles. The molecule has 0 aromatic heterocycles. The number of rotatable bonds is 8. The monoisotopic (exact) mass is 327 g/mol. The lowest BCUT2D eigenvalue weighted by Crippen LogP contribution is -2.31. The molecule has 1 N–H and O–H groups in total. The first-order chi connectivity index (χ1) is 9.22. The van der Waals surface area contributed by atoms with Gasteiger partial charge in [-0.25, -0.2) is 4.39 Å². The fourth-order valence-electron chi connectivity index (χ4n) is 2.59. The first-order valence-corrected chi connectivity index (χ1v) is 8.18. The van der Waals surface area contributed by atoms with Crippen molar-refractivity contribution >= 4 is 15.9 Å². The van der Waals surface area contributed by atoms with Crippen LogP contribution in [-0.2, 0) is 6.42 Å². The summed E-state index contributed by atoms with van der Waals surface area (Å²) in [5.41, 5.74) is 1.09. The van der Waals surface area contributed by atoms with Gasteiger partial charge < -0.3 is 5.32 Å². The van der Waals surface area contributed by atoms with E-state index < -0.39 is 0 Å².